The number of nitrogens with one attached hydrogen (secondary N) is 1. The van der Waals surface area contributed by atoms with E-state index in [1.807, 2.05) is 0 Å². The topological polar surface area (TPSA) is 146 Å². The molecule has 0 atom stereocenters. The Morgan fingerprint density at radius 2 is 1.86 bits per heavy atom. The first-order valence-electron chi connectivity index (χ1n) is 11.0. The molecule has 0 bridgehead atoms. The third-order valence-corrected chi connectivity index (χ3v) is 6.28. The first-order valence-corrected chi connectivity index (χ1v) is 11.9. The number of nitrogen functional groups attached to an aromatic ring is 1. The van der Waals surface area contributed by atoms with E-state index in [4.69, 9.17) is 24.7 Å². The summed E-state index contributed by atoms with van der Waals surface area (Å²) in [5, 5.41) is 2.88. The molecular weight excluding hydrogens is 490 g/mol. The van der Waals surface area contributed by atoms with Gasteiger partial charge in [0.05, 0.1) is 37.6 Å². The molecule has 0 saturated carbocycles. The number of ether oxygens (including phenoxy) is 4. The number of amides is 2. The highest BCUT2D eigenvalue weighted by Crippen LogP contribution is 2.38. The second-order valence-electron chi connectivity index (χ2n) is 8.93. The molecule has 2 amide bonds. The summed E-state index contributed by atoms with van der Waals surface area (Å²) in [6.45, 7) is 5.33. The van der Waals surface area contributed by atoms with E-state index in [9.17, 15) is 19.2 Å². The summed E-state index contributed by atoms with van der Waals surface area (Å²) in [5.41, 5.74) is 6.50. The van der Waals surface area contributed by atoms with E-state index in [0.29, 0.717) is 24.3 Å². The standard InChI is InChI=1S/C24H29N3O8S/c1-24(2,3)35-23(31)27-9-8-14-17(11-27)36-20(19(14)22(30)33-5)26-18(28)12-34-21(29)13-6-7-16(32-4)15(25)10-13/h6-7,10H,8-9,11-12,25H2,1-5H3,(H,26,28). The molecule has 3 rings (SSSR count). The number of thiophene rings is 1. The van der Waals surface area contributed by atoms with Crippen LogP contribution < -0.4 is 15.8 Å². The quantitative estimate of drug-likeness (QED) is 0.334. The first-order chi connectivity index (χ1) is 16.9. The number of hydrogen-bond acceptors (Lipinski definition) is 10. The van der Waals surface area contributed by atoms with Gasteiger partial charge in [-0.05, 0) is 51.0 Å². The number of fused-ring (bicyclic) bond motifs is 1. The van der Waals surface area contributed by atoms with Gasteiger partial charge >= 0.3 is 18.0 Å². The number of hydrogen-bond donors (Lipinski definition) is 2. The molecule has 1 aliphatic rings. The number of benzene rings is 1. The summed E-state index contributed by atoms with van der Waals surface area (Å²) in [7, 11) is 2.70. The van der Waals surface area contributed by atoms with Crippen molar-refractivity contribution >= 4 is 46.0 Å². The van der Waals surface area contributed by atoms with Gasteiger partial charge in [0.1, 0.15) is 16.4 Å². The molecule has 12 heteroatoms. The van der Waals surface area contributed by atoms with Gasteiger partial charge < -0.3 is 34.9 Å². The molecule has 3 N–H and O–H groups in total. The van der Waals surface area contributed by atoms with E-state index in [1.165, 1.54) is 32.4 Å². The number of carbonyl (C=O) groups is 4. The number of carbonyl (C=O) groups excluding carboxylic acids is 4. The zero-order chi connectivity index (χ0) is 26.6. The fraction of sp³-hybridized carbons (Fsp3) is 0.417. The summed E-state index contributed by atoms with van der Waals surface area (Å²) >= 11 is 1.16. The van der Waals surface area contributed by atoms with Crippen molar-refractivity contribution in [3.63, 3.8) is 0 Å². The van der Waals surface area contributed by atoms with Gasteiger partial charge in [-0.3, -0.25) is 4.79 Å². The molecule has 1 aliphatic heterocycles. The highest BCUT2D eigenvalue weighted by atomic mass is 32.1. The number of nitrogens with zero attached hydrogens (tertiary/aromatic N) is 1. The third kappa shape index (κ3) is 6.25. The van der Waals surface area contributed by atoms with Crippen molar-refractivity contribution in [3.8, 4) is 5.75 Å². The molecule has 0 aliphatic carbocycles. The molecule has 2 aromatic rings. The lowest BCUT2D eigenvalue weighted by Crippen LogP contribution is -2.39. The second-order valence-corrected chi connectivity index (χ2v) is 10.0. The molecular formula is C24H29N3O8S. The van der Waals surface area contributed by atoms with Crippen LogP contribution in [-0.2, 0) is 32.0 Å². The zero-order valence-electron chi connectivity index (χ0n) is 20.8. The number of rotatable bonds is 6. The fourth-order valence-electron chi connectivity index (χ4n) is 3.53. The largest absolute Gasteiger partial charge is 0.495 e. The molecule has 11 nitrogen and oxygen atoms in total. The fourth-order valence-corrected chi connectivity index (χ4v) is 4.80. The molecule has 1 aromatic carbocycles. The van der Waals surface area contributed by atoms with Crippen molar-refractivity contribution in [2.24, 2.45) is 0 Å². The van der Waals surface area contributed by atoms with Crippen molar-refractivity contribution in [2.45, 2.75) is 39.3 Å². The van der Waals surface area contributed by atoms with E-state index >= 15 is 0 Å². The predicted octanol–water partition coefficient (Wildman–Crippen LogP) is 3.21. The summed E-state index contributed by atoms with van der Waals surface area (Å²) in [5.74, 6) is -1.59. The van der Waals surface area contributed by atoms with Crippen molar-refractivity contribution in [2.75, 3.05) is 38.4 Å². The van der Waals surface area contributed by atoms with Gasteiger partial charge in [-0.15, -0.1) is 11.3 Å². The molecule has 36 heavy (non-hydrogen) atoms. The van der Waals surface area contributed by atoms with E-state index in [0.717, 1.165) is 16.2 Å². The third-order valence-electron chi connectivity index (χ3n) is 5.15. The van der Waals surface area contributed by atoms with Crippen LogP contribution in [0.5, 0.6) is 5.75 Å². The van der Waals surface area contributed by atoms with Gasteiger partial charge in [0.15, 0.2) is 6.61 Å². The number of methoxy groups -OCH3 is 2. The summed E-state index contributed by atoms with van der Waals surface area (Å²) in [6, 6.07) is 4.37. The Hall–Kier alpha value is -3.80. The average Bonchev–Trinajstić information content (AvgIpc) is 3.17. The van der Waals surface area contributed by atoms with Crippen LogP contribution in [-0.4, -0.2) is 61.8 Å². The molecule has 1 aromatic heterocycles. The molecule has 0 saturated heterocycles. The molecule has 0 radical (unpaired) electrons. The van der Waals surface area contributed by atoms with Crippen LogP contribution in [0.25, 0.3) is 0 Å². The van der Waals surface area contributed by atoms with Crippen LogP contribution in [0.4, 0.5) is 15.5 Å². The normalized spacial score (nSPS) is 12.9. The van der Waals surface area contributed by atoms with Gasteiger partial charge in [0, 0.05) is 11.4 Å². The Labute approximate surface area is 212 Å². The van der Waals surface area contributed by atoms with Crippen molar-refractivity contribution in [1.29, 1.82) is 0 Å². The summed E-state index contributed by atoms with van der Waals surface area (Å²) in [4.78, 5) is 52.1. The van der Waals surface area contributed by atoms with Gasteiger partial charge in [-0.1, -0.05) is 0 Å². The summed E-state index contributed by atoms with van der Waals surface area (Å²) < 4.78 is 20.5. The van der Waals surface area contributed by atoms with E-state index in [-0.39, 0.29) is 28.4 Å². The van der Waals surface area contributed by atoms with Crippen LogP contribution in [0.3, 0.4) is 0 Å². The number of esters is 2. The number of anilines is 2. The minimum Gasteiger partial charge on any atom is -0.495 e. The second kappa shape index (κ2) is 10.9. The Kier molecular flexibility index (Phi) is 8.08. The average molecular weight is 520 g/mol. The van der Waals surface area contributed by atoms with E-state index < -0.39 is 36.1 Å². The van der Waals surface area contributed by atoms with Crippen molar-refractivity contribution < 1.29 is 38.1 Å². The molecule has 0 unspecified atom stereocenters. The van der Waals surface area contributed by atoms with Gasteiger partial charge in [0.2, 0.25) is 0 Å². The van der Waals surface area contributed by atoms with Crippen LogP contribution >= 0.6 is 11.3 Å². The highest BCUT2D eigenvalue weighted by Gasteiger charge is 2.32. The predicted molar refractivity (Wildman–Crippen MR) is 132 cm³/mol. The van der Waals surface area contributed by atoms with Crippen molar-refractivity contribution in [1.82, 2.24) is 4.90 Å². The Morgan fingerprint density at radius 3 is 2.47 bits per heavy atom. The van der Waals surface area contributed by atoms with Crippen molar-refractivity contribution in [3.05, 3.63) is 39.8 Å². The van der Waals surface area contributed by atoms with E-state index in [2.05, 4.69) is 5.32 Å². The lowest BCUT2D eigenvalue weighted by atomic mass is 10.0. The molecule has 194 valence electrons. The summed E-state index contributed by atoms with van der Waals surface area (Å²) in [6.07, 6.45) is -0.0722. The first kappa shape index (κ1) is 26.8. The maximum Gasteiger partial charge on any atom is 0.410 e. The van der Waals surface area contributed by atoms with Gasteiger partial charge in [0.25, 0.3) is 5.91 Å². The molecule has 0 spiro atoms. The molecule has 0 fully saturated rings. The van der Waals surface area contributed by atoms with Gasteiger partial charge in [-0.2, -0.15) is 0 Å². The lowest BCUT2D eigenvalue weighted by Gasteiger charge is -2.30. The SMILES string of the molecule is COC(=O)c1c(NC(=O)COC(=O)c2ccc(OC)c(N)c2)sc2c1CCN(C(=O)OC(C)(C)C)C2. The zero-order valence-corrected chi connectivity index (χ0v) is 21.6. The number of nitrogens with two attached hydrogens (primary N) is 1. The Morgan fingerprint density at radius 1 is 1.14 bits per heavy atom. The Bertz CT molecular complexity index is 1180. The minimum absolute atomic E-state index is 0.158. The van der Waals surface area contributed by atoms with Gasteiger partial charge in [-0.25, -0.2) is 14.4 Å². The Balaban J connectivity index is 1.71. The van der Waals surface area contributed by atoms with Crippen LogP contribution in [0.15, 0.2) is 18.2 Å². The van der Waals surface area contributed by atoms with Crippen LogP contribution in [0, 0.1) is 0 Å². The smallest absolute Gasteiger partial charge is 0.410 e. The lowest BCUT2D eigenvalue weighted by molar-refractivity contribution is -0.119. The van der Waals surface area contributed by atoms with Crippen LogP contribution in [0.2, 0.25) is 0 Å². The maximum absolute atomic E-state index is 12.6. The monoisotopic (exact) mass is 519 g/mol. The molecule has 2 heterocycles. The van der Waals surface area contributed by atoms with Crippen LogP contribution in [0.1, 0.15) is 51.9 Å². The maximum atomic E-state index is 12.6. The highest BCUT2D eigenvalue weighted by molar-refractivity contribution is 7.17. The van der Waals surface area contributed by atoms with E-state index in [1.54, 1.807) is 25.7 Å². The minimum atomic E-state index is -0.744.